The summed E-state index contributed by atoms with van der Waals surface area (Å²) in [5.41, 5.74) is -0.155. The first kappa shape index (κ1) is 20.3. The Bertz CT molecular complexity index is 603. The van der Waals surface area contributed by atoms with E-state index in [4.69, 9.17) is 0 Å². The third-order valence-corrected chi connectivity index (χ3v) is 6.04. The summed E-state index contributed by atoms with van der Waals surface area (Å²) < 4.78 is 0. The van der Waals surface area contributed by atoms with Crippen LogP contribution in [0.2, 0.25) is 0 Å². The molecule has 2 aliphatic heterocycles. The summed E-state index contributed by atoms with van der Waals surface area (Å²) in [5, 5.41) is 30.8. The van der Waals surface area contributed by atoms with Crippen molar-refractivity contribution in [2.75, 3.05) is 39.3 Å². The third kappa shape index (κ3) is 5.29. The van der Waals surface area contributed by atoms with Gasteiger partial charge >= 0.3 is 0 Å². The maximum Gasteiger partial charge on any atom is 0.223 e. The van der Waals surface area contributed by atoms with Gasteiger partial charge in [0.05, 0.1) is 12.6 Å². The van der Waals surface area contributed by atoms with Crippen LogP contribution in [-0.2, 0) is 11.2 Å². The first-order chi connectivity index (χ1) is 13.0. The molecule has 2 aliphatic rings. The van der Waals surface area contributed by atoms with Gasteiger partial charge in [0, 0.05) is 26.1 Å². The smallest absolute Gasteiger partial charge is 0.223 e. The molecule has 1 aromatic carbocycles. The molecule has 0 spiro atoms. The van der Waals surface area contributed by atoms with E-state index >= 15 is 0 Å². The first-order valence-electron chi connectivity index (χ1n) is 10.1. The molecule has 3 N–H and O–H groups in total. The Morgan fingerprint density at radius 3 is 2.48 bits per heavy atom. The predicted octanol–water partition coefficient (Wildman–Crippen LogP) is 0.648. The molecule has 150 valence electrons. The second-order valence-electron chi connectivity index (χ2n) is 8.11. The molecule has 6 nitrogen and oxygen atoms in total. The van der Waals surface area contributed by atoms with Crippen molar-refractivity contribution < 1.29 is 20.1 Å². The number of β-amino-alcohol motifs (C(OH)–C–C–N with tert-alkyl or cyclic N) is 1. The lowest BCUT2D eigenvalue weighted by Crippen LogP contribution is -2.63. The number of hydrogen-bond donors (Lipinski definition) is 3. The van der Waals surface area contributed by atoms with Gasteiger partial charge in [-0.3, -0.25) is 4.79 Å². The molecule has 2 atom stereocenters. The second kappa shape index (κ2) is 9.15. The standard InChI is InChI=1S/C21H32N2O4/c24-14-18-8-11-22(12-9-18)15-21(27)16-23(13-10-19(21)25)20(26)7-6-17-4-2-1-3-5-17/h1-5,18-19,24-25,27H,6-16H2/t19-,21+/m1/s1. The van der Waals surface area contributed by atoms with Gasteiger partial charge in [0.25, 0.3) is 0 Å². The number of carbonyl (C=O) groups is 1. The van der Waals surface area contributed by atoms with Crippen LogP contribution in [0.5, 0.6) is 0 Å². The number of nitrogens with zero attached hydrogens (tertiary/aromatic N) is 2. The summed E-state index contributed by atoms with van der Waals surface area (Å²) in [5.74, 6) is 0.367. The van der Waals surface area contributed by atoms with Gasteiger partial charge in [0.1, 0.15) is 5.60 Å². The lowest BCUT2D eigenvalue weighted by atomic mass is 9.87. The zero-order valence-electron chi connectivity index (χ0n) is 16.0. The van der Waals surface area contributed by atoms with E-state index in [1.165, 1.54) is 0 Å². The lowest BCUT2D eigenvalue weighted by molar-refractivity contribution is -0.157. The van der Waals surface area contributed by atoms with Crippen molar-refractivity contribution in [1.82, 2.24) is 9.80 Å². The molecule has 1 amide bonds. The largest absolute Gasteiger partial charge is 0.396 e. The number of rotatable bonds is 6. The van der Waals surface area contributed by atoms with E-state index in [0.717, 1.165) is 31.5 Å². The van der Waals surface area contributed by atoms with Crippen LogP contribution in [0.25, 0.3) is 0 Å². The number of piperidine rings is 2. The van der Waals surface area contributed by atoms with Crippen molar-refractivity contribution in [1.29, 1.82) is 0 Å². The van der Waals surface area contributed by atoms with Gasteiger partial charge in [0.15, 0.2) is 0 Å². The average molecular weight is 376 g/mol. The Morgan fingerprint density at radius 2 is 1.81 bits per heavy atom. The second-order valence-corrected chi connectivity index (χ2v) is 8.11. The average Bonchev–Trinajstić information content (AvgIpc) is 2.69. The highest BCUT2D eigenvalue weighted by Crippen LogP contribution is 2.26. The lowest BCUT2D eigenvalue weighted by Gasteiger charge is -2.46. The number of aryl methyl sites for hydroxylation is 1. The number of carbonyl (C=O) groups excluding carboxylic acids is 1. The summed E-state index contributed by atoms with van der Waals surface area (Å²) in [6, 6.07) is 9.92. The van der Waals surface area contributed by atoms with E-state index in [0.29, 0.717) is 38.3 Å². The van der Waals surface area contributed by atoms with Gasteiger partial charge in [0.2, 0.25) is 5.91 Å². The van der Waals surface area contributed by atoms with E-state index in [9.17, 15) is 20.1 Å². The number of aliphatic hydroxyl groups is 3. The minimum Gasteiger partial charge on any atom is -0.396 e. The summed E-state index contributed by atoms with van der Waals surface area (Å²) in [6.07, 6.45) is 2.50. The molecule has 0 bridgehead atoms. The number of likely N-dealkylation sites (tertiary alicyclic amines) is 2. The third-order valence-electron chi connectivity index (χ3n) is 6.04. The Kier molecular flexibility index (Phi) is 6.87. The Balaban J connectivity index is 1.54. The molecule has 27 heavy (non-hydrogen) atoms. The van der Waals surface area contributed by atoms with E-state index in [1.807, 2.05) is 30.3 Å². The summed E-state index contributed by atoms with van der Waals surface area (Å²) in [7, 11) is 0. The zero-order valence-corrected chi connectivity index (χ0v) is 16.0. The van der Waals surface area contributed by atoms with Crippen LogP contribution in [0.3, 0.4) is 0 Å². The Morgan fingerprint density at radius 1 is 1.11 bits per heavy atom. The van der Waals surface area contributed by atoms with Crippen molar-refractivity contribution >= 4 is 5.91 Å². The number of hydrogen-bond acceptors (Lipinski definition) is 5. The minimum absolute atomic E-state index is 0.0307. The molecular formula is C21H32N2O4. The van der Waals surface area contributed by atoms with Crippen LogP contribution in [0.4, 0.5) is 0 Å². The molecule has 3 rings (SSSR count). The first-order valence-corrected chi connectivity index (χ1v) is 10.1. The Hall–Kier alpha value is -1.47. The molecule has 0 saturated carbocycles. The zero-order chi connectivity index (χ0) is 19.3. The topological polar surface area (TPSA) is 84.2 Å². The molecule has 0 radical (unpaired) electrons. The van der Waals surface area contributed by atoms with Crippen LogP contribution in [0, 0.1) is 5.92 Å². The van der Waals surface area contributed by atoms with Gasteiger partial charge in [-0.15, -0.1) is 0 Å². The molecule has 2 fully saturated rings. The summed E-state index contributed by atoms with van der Waals surface area (Å²) >= 11 is 0. The van der Waals surface area contributed by atoms with Crippen molar-refractivity contribution in [3.63, 3.8) is 0 Å². The van der Waals surface area contributed by atoms with Gasteiger partial charge in [-0.1, -0.05) is 30.3 Å². The fraction of sp³-hybridized carbons (Fsp3) is 0.667. The van der Waals surface area contributed by atoms with Crippen LogP contribution >= 0.6 is 0 Å². The van der Waals surface area contributed by atoms with Gasteiger partial charge in [-0.2, -0.15) is 0 Å². The van der Waals surface area contributed by atoms with Gasteiger partial charge in [-0.05, 0) is 50.3 Å². The predicted molar refractivity (Wildman–Crippen MR) is 103 cm³/mol. The highest BCUT2D eigenvalue weighted by molar-refractivity contribution is 5.76. The molecule has 6 heteroatoms. The fourth-order valence-corrected chi connectivity index (χ4v) is 4.20. The number of benzene rings is 1. The minimum atomic E-state index is -1.29. The highest BCUT2D eigenvalue weighted by Gasteiger charge is 2.43. The number of aliphatic hydroxyl groups excluding tert-OH is 2. The normalized spacial score (nSPS) is 27.7. The summed E-state index contributed by atoms with van der Waals surface area (Å²) in [4.78, 5) is 16.5. The number of amides is 1. The fourth-order valence-electron chi connectivity index (χ4n) is 4.20. The molecule has 1 aromatic rings. The van der Waals surface area contributed by atoms with Crippen molar-refractivity contribution in [2.45, 2.75) is 43.8 Å². The van der Waals surface area contributed by atoms with E-state index in [2.05, 4.69) is 4.90 Å². The van der Waals surface area contributed by atoms with Crippen molar-refractivity contribution in [3.8, 4) is 0 Å². The van der Waals surface area contributed by atoms with E-state index in [1.54, 1.807) is 4.90 Å². The monoisotopic (exact) mass is 376 g/mol. The van der Waals surface area contributed by atoms with Crippen LogP contribution < -0.4 is 0 Å². The maximum absolute atomic E-state index is 12.6. The van der Waals surface area contributed by atoms with E-state index in [-0.39, 0.29) is 19.1 Å². The molecule has 0 unspecified atom stereocenters. The van der Waals surface area contributed by atoms with E-state index < -0.39 is 11.7 Å². The van der Waals surface area contributed by atoms with Crippen molar-refractivity contribution in [3.05, 3.63) is 35.9 Å². The van der Waals surface area contributed by atoms with Gasteiger partial charge in [-0.25, -0.2) is 0 Å². The quantitative estimate of drug-likeness (QED) is 0.679. The summed E-state index contributed by atoms with van der Waals surface area (Å²) in [6.45, 7) is 2.87. The molecular weight excluding hydrogens is 344 g/mol. The van der Waals surface area contributed by atoms with Crippen LogP contribution in [0.1, 0.15) is 31.2 Å². The molecule has 2 saturated heterocycles. The molecule has 2 heterocycles. The van der Waals surface area contributed by atoms with Gasteiger partial charge < -0.3 is 25.1 Å². The Labute approximate surface area is 161 Å². The maximum atomic E-state index is 12.6. The highest BCUT2D eigenvalue weighted by atomic mass is 16.3. The SMILES string of the molecule is O=C(CCc1ccccc1)N1CC[C@@H](O)[C@](O)(CN2CCC(CO)CC2)C1. The van der Waals surface area contributed by atoms with Crippen LogP contribution in [0.15, 0.2) is 30.3 Å². The van der Waals surface area contributed by atoms with Crippen LogP contribution in [-0.4, -0.2) is 82.1 Å². The molecule has 0 aromatic heterocycles. The molecule has 0 aliphatic carbocycles. The van der Waals surface area contributed by atoms with Crippen molar-refractivity contribution in [2.24, 2.45) is 5.92 Å².